The van der Waals surface area contributed by atoms with Crippen LogP contribution < -0.4 is 11.1 Å². The summed E-state index contributed by atoms with van der Waals surface area (Å²) in [6, 6.07) is 4.12. The number of halogens is 3. The normalized spacial score (nSPS) is 24.8. The molecular formula is C21H22F3N5O3S. The van der Waals surface area contributed by atoms with Crippen molar-refractivity contribution in [3.8, 4) is 0 Å². The number of methoxy groups -OCH3 is 1. The summed E-state index contributed by atoms with van der Waals surface area (Å²) in [7, 11) is 1.59. The van der Waals surface area contributed by atoms with Gasteiger partial charge in [0.2, 0.25) is 0 Å². The molecule has 0 spiro atoms. The van der Waals surface area contributed by atoms with Gasteiger partial charge in [-0.15, -0.1) is 0 Å². The molecule has 2 aliphatic rings. The molecule has 0 aliphatic carbocycles. The molecule has 2 aliphatic heterocycles. The number of carbonyl (C=O) groups is 1. The van der Waals surface area contributed by atoms with Gasteiger partial charge in [-0.2, -0.15) is 0 Å². The number of amidine groups is 1. The molecule has 0 saturated carbocycles. The van der Waals surface area contributed by atoms with Crippen LogP contribution in [0.15, 0.2) is 35.6 Å². The molecule has 1 aromatic heterocycles. The van der Waals surface area contributed by atoms with Crippen LogP contribution in [0.3, 0.4) is 0 Å². The summed E-state index contributed by atoms with van der Waals surface area (Å²) in [5.41, 5.74) is 4.83. The maximum absolute atomic E-state index is 15.1. The molecular weight excluding hydrogens is 459 g/mol. The second-order valence-electron chi connectivity index (χ2n) is 7.78. The number of carbonyl (C=O) groups excluding carboxylic acids is 1. The van der Waals surface area contributed by atoms with Crippen LogP contribution in [0.2, 0.25) is 0 Å². The molecule has 33 heavy (non-hydrogen) atoms. The van der Waals surface area contributed by atoms with Gasteiger partial charge >= 0.3 is 0 Å². The lowest BCUT2D eigenvalue weighted by Gasteiger charge is -2.46. The third-order valence-corrected chi connectivity index (χ3v) is 6.63. The summed E-state index contributed by atoms with van der Waals surface area (Å²) in [5, 5.41) is 2.94. The highest BCUT2D eigenvalue weighted by atomic mass is 32.2. The van der Waals surface area contributed by atoms with Gasteiger partial charge in [0.1, 0.15) is 22.7 Å². The zero-order valence-electron chi connectivity index (χ0n) is 17.6. The molecule has 0 unspecified atom stereocenters. The summed E-state index contributed by atoms with van der Waals surface area (Å²) in [5.74, 6) is -0.591. The van der Waals surface area contributed by atoms with Gasteiger partial charge in [0, 0.05) is 30.0 Å². The second kappa shape index (κ2) is 9.65. The lowest BCUT2D eigenvalue weighted by Crippen LogP contribution is -2.51. The fourth-order valence-electron chi connectivity index (χ4n) is 4.05. The molecule has 0 bridgehead atoms. The first-order chi connectivity index (χ1) is 15.8. The van der Waals surface area contributed by atoms with E-state index in [2.05, 4.69) is 20.3 Å². The lowest BCUT2D eigenvalue weighted by molar-refractivity contribution is -0.0836. The predicted octanol–water partition coefficient (Wildman–Crippen LogP) is 3.11. The number of nitrogens with two attached hydrogens (primary N) is 1. The fraction of sp³-hybridized carbons (Fsp3) is 0.429. The van der Waals surface area contributed by atoms with Crippen molar-refractivity contribution in [3.63, 3.8) is 0 Å². The Morgan fingerprint density at radius 1 is 1.39 bits per heavy atom. The summed E-state index contributed by atoms with van der Waals surface area (Å²) in [4.78, 5) is 24.4. The van der Waals surface area contributed by atoms with Gasteiger partial charge in [-0.25, -0.2) is 23.1 Å². The van der Waals surface area contributed by atoms with E-state index in [4.69, 9.17) is 15.2 Å². The molecule has 3 heterocycles. The molecule has 176 valence electrons. The number of nitrogens with zero attached hydrogens (tertiary/aromatic N) is 3. The number of aliphatic imine (C=N–C) groups is 1. The van der Waals surface area contributed by atoms with E-state index in [9.17, 15) is 13.6 Å². The van der Waals surface area contributed by atoms with Crippen molar-refractivity contribution in [1.29, 1.82) is 0 Å². The van der Waals surface area contributed by atoms with Crippen LogP contribution in [0.1, 0.15) is 34.6 Å². The molecule has 3 atom stereocenters. The van der Waals surface area contributed by atoms with Crippen LogP contribution >= 0.6 is 11.8 Å². The van der Waals surface area contributed by atoms with Crippen LogP contribution in [0.4, 0.5) is 18.9 Å². The van der Waals surface area contributed by atoms with Crippen LogP contribution in [0.5, 0.6) is 0 Å². The summed E-state index contributed by atoms with van der Waals surface area (Å²) in [6.07, 6.45) is -0.510. The van der Waals surface area contributed by atoms with Crippen LogP contribution in [0.25, 0.3) is 0 Å². The topological polar surface area (TPSA) is 112 Å². The first-order valence-corrected chi connectivity index (χ1v) is 11.1. The van der Waals surface area contributed by atoms with E-state index in [0.29, 0.717) is 23.9 Å². The van der Waals surface area contributed by atoms with Gasteiger partial charge in [-0.1, -0.05) is 11.8 Å². The number of alkyl halides is 2. The SMILES string of the molecule is COC[C@H]1C[C@H]2CSC(N)=N[C@@]2(c2cc(NC(=O)c3cnc(C(F)F)cn3)ccc2F)CO1. The van der Waals surface area contributed by atoms with Crippen LogP contribution in [0, 0.1) is 11.7 Å². The largest absolute Gasteiger partial charge is 0.382 e. The molecule has 3 N–H and O–H groups in total. The van der Waals surface area contributed by atoms with E-state index in [0.717, 1.165) is 12.4 Å². The van der Waals surface area contributed by atoms with E-state index in [1.54, 1.807) is 7.11 Å². The van der Waals surface area contributed by atoms with Crippen molar-refractivity contribution in [2.45, 2.75) is 24.5 Å². The third-order valence-electron chi connectivity index (χ3n) is 5.68. The number of fused-ring (bicyclic) bond motifs is 1. The average Bonchev–Trinajstić information content (AvgIpc) is 2.80. The first kappa shape index (κ1) is 23.5. The summed E-state index contributed by atoms with van der Waals surface area (Å²) < 4.78 is 51.5. The average molecular weight is 482 g/mol. The predicted molar refractivity (Wildman–Crippen MR) is 117 cm³/mol. The molecule has 8 nitrogen and oxygen atoms in total. The number of nitrogens with one attached hydrogen (secondary N) is 1. The molecule has 1 saturated heterocycles. The van der Waals surface area contributed by atoms with Crippen molar-refractivity contribution in [3.05, 3.63) is 53.4 Å². The summed E-state index contributed by atoms with van der Waals surface area (Å²) >= 11 is 1.41. The molecule has 1 aromatic carbocycles. The number of hydrogen-bond donors (Lipinski definition) is 2. The second-order valence-corrected chi connectivity index (χ2v) is 8.82. The Bertz CT molecular complexity index is 1060. The van der Waals surface area contributed by atoms with Gasteiger partial charge < -0.3 is 20.5 Å². The minimum Gasteiger partial charge on any atom is -0.382 e. The van der Waals surface area contributed by atoms with E-state index in [1.165, 1.54) is 30.0 Å². The van der Waals surface area contributed by atoms with Crippen molar-refractivity contribution in [2.75, 3.05) is 31.4 Å². The van der Waals surface area contributed by atoms with Crippen LogP contribution in [-0.4, -0.2) is 53.2 Å². The zero-order valence-corrected chi connectivity index (χ0v) is 18.4. The van der Waals surface area contributed by atoms with Crippen molar-refractivity contribution >= 4 is 28.5 Å². The van der Waals surface area contributed by atoms with Gasteiger partial charge in [0.25, 0.3) is 12.3 Å². The maximum atomic E-state index is 15.1. The van der Waals surface area contributed by atoms with Crippen molar-refractivity contribution < 1.29 is 27.4 Å². The Morgan fingerprint density at radius 2 is 2.21 bits per heavy atom. The molecule has 0 radical (unpaired) electrons. The van der Waals surface area contributed by atoms with Gasteiger partial charge in [-0.3, -0.25) is 9.78 Å². The Kier molecular flexibility index (Phi) is 6.86. The number of anilines is 1. The highest BCUT2D eigenvalue weighted by Crippen LogP contribution is 2.47. The minimum atomic E-state index is -2.79. The molecule has 2 aromatic rings. The van der Waals surface area contributed by atoms with Gasteiger partial charge in [-0.05, 0) is 24.6 Å². The lowest BCUT2D eigenvalue weighted by atomic mass is 9.75. The van der Waals surface area contributed by atoms with Gasteiger partial charge in [0.15, 0.2) is 5.17 Å². The number of aromatic nitrogens is 2. The van der Waals surface area contributed by atoms with Gasteiger partial charge in [0.05, 0.1) is 31.7 Å². The highest BCUT2D eigenvalue weighted by Gasteiger charge is 2.49. The highest BCUT2D eigenvalue weighted by molar-refractivity contribution is 8.13. The molecule has 1 amide bonds. The van der Waals surface area contributed by atoms with E-state index >= 15 is 4.39 Å². The number of thioether (sulfide) groups is 1. The van der Waals surface area contributed by atoms with E-state index in [1.807, 2.05) is 0 Å². The van der Waals surface area contributed by atoms with Crippen LogP contribution in [-0.2, 0) is 15.0 Å². The van der Waals surface area contributed by atoms with E-state index in [-0.39, 0.29) is 35.6 Å². The number of hydrogen-bond acceptors (Lipinski definition) is 8. The monoisotopic (exact) mass is 481 g/mol. The van der Waals surface area contributed by atoms with E-state index < -0.39 is 29.4 Å². The Hall–Kier alpha value is -2.70. The number of ether oxygens (including phenoxy) is 2. The third kappa shape index (κ3) is 4.82. The summed E-state index contributed by atoms with van der Waals surface area (Å²) in [6.45, 7) is 0.530. The molecule has 12 heteroatoms. The molecule has 4 rings (SSSR count). The quantitative estimate of drug-likeness (QED) is 0.652. The minimum absolute atomic E-state index is 0.0584. The number of benzene rings is 1. The standard InChI is InChI=1S/C21H22F3N5O3S/c1-31-8-13-4-11-9-33-20(25)29-21(11,10-32-13)14-5-12(2-3-15(14)22)28-19(30)17-7-26-16(6-27-17)18(23)24/h2-3,5-7,11,13,18H,4,8-10H2,1H3,(H2,25,29)(H,28,30)/t11-,13+,21-/m0/s1. The first-order valence-electron chi connectivity index (χ1n) is 10.1. The number of amides is 1. The number of rotatable bonds is 6. The fourth-order valence-corrected chi connectivity index (χ4v) is 5.06. The van der Waals surface area contributed by atoms with Crippen molar-refractivity contribution in [1.82, 2.24) is 9.97 Å². The maximum Gasteiger partial charge on any atom is 0.281 e. The smallest absolute Gasteiger partial charge is 0.281 e. The Labute approximate surface area is 192 Å². The van der Waals surface area contributed by atoms with Crippen molar-refractivity contribution in [2.24, 2.45) is 16.6 Å². The molecule has 1 fully saturated rings. The Morgan fingerprint density at radius 3 is 2.91 bits per heavy atom. The zero-order chi connectivity index (χ0) is 23.6. The Balaban J connectivity index is 1.62.